The molecule has 1 unspecified atom stereocenters. The quantitative estimate of drug-likeness (QED) is 0.228. The fourth-order valence-corrected chi connectivity index (χ4v) is 5.40. The van der Waals surface area contributed by atoms with Gasteiger partial charge in [0.25, 0.3) is 8.32 Å². The van der Waals surface area contributed by atoms with Crippen molar-refractivity contribution in [3.8, 4) is 11.5 Å². The smallest absolute Gasteiger partial charge is 0.350 e. The molecular weight excluding hydrogens is 480 g/mol. The van der Waals surface area contributed by atoms with E-state index in [1.807, 2.05) is 79.0 Å². The Labute approximate surface area is 218 Å². The standard InChI is InChI=1S/C30H32N2O4Si/c1-29(2,3)37(5,6)36-25-14-10-13-24-26(25)23(19-31-24)30(21-11-8-7-9-12-21)28(33)35-27(32-30)20-15-17-22(34-4)18-16-20/h7-19,31H,1-6H3. The van der Waals surface area contributed by atoms with Gasteiger partial charge in [-0.3, -0.25) is 0 Å². The number of carbonyl (C=O) groups excluding carboxylic acids is 1. The van der Waals surface area contributed by atoms with Crippen molar-refractivity contribution >= 4 is 31.1 Å². The lowest BCUT2D eigenvalue weighted by atomic mass is 9.83. The Bertz CT molecular complexity index is 1480. The van der Waals surface area contributed by atoms with Crippen LogP contribution in [0.5, 0.6) is 11.5 Å². The van der Waals surface area contributed by atoms with Crippen LogP contribution in [0.2, 0.25) is 18.1 Å². The Morgan fingerprint density at radius 1 is 0.946 bits per heavy atom. The number of aromatic amines is 1. The molecule has 0 aliphatic carbocycles. The molecule has 1 aromatic heterocycles. The van der Waals surface area contributed by atoms with Crippen LogP contribution in [0.3, 0.4) is 0 Å². The number of methoxy groups -OCH3 is 1. The molecule has 6 nitrogen and oxygen atoms in total. The third-order valence-corrected chi connectivity index (χ3v) is 11.9. The highest BCUT2D eigenvalue weighted by Gasteiger charge is 2.51. The number of rotatable bonds is 6. The topological polar surface area (TPSA) is 72.9 Å². The van der Waals surface area contributed by atoms with Gasteiger partial charge in [-0.25, -0.2) is 9.79 Å². The highest BCUT2D eigenvalue weighted by atomic mass is 28.4. The van der Waals surface area contributed by atoms with Gasteiger partial charge in [0.2, 0.25) is 11.4 Å². The van der Waals surface area contributed by atoms with Crippen molar-refractivity contribution in [3.63, 3.8) is 0 Å². The van der Waals surface area contributed by atoms with E-state index in [9.17, 15) is 4.79 Å². The highest BCUT2D eigenvalue weighted by molar-refractivity contribution is 6.74. The van der Waals surface area contributed by atoms with Crippen LogP contribution in [0.15, 0.2) is 84.0 Å². The summed E-state index contributed by atoms with van der Waals surface area (Å²) >= 11 is 0. The summed E-state index contributed by atoms with van der Waals surface area (Å²) in [5.41, 5.74) is 1.62. The van der Waals surface area contributed by atoms with Crippen molar-refractivity contribution in [3.05, 3.63) is 95.7 Å². The van der Waals surface area contributed by atoms with E-state index in [2.05, 4.69) is 38.8 Å². The number of hydrogen-bond acceptors (Lipinski definition) is 5. The van der Waals surface area contributed by atoms with Gasteiger partial charge in [-0.15, -0.1) is 0 Å². The van der Waals surface area contributed by atoms with Crippen molar-refractivity contribution in [1.29, 1.82) is 0 Å². The minimum atomic E-state index is -2.17. The zero-order valence-electron chi connectivity index (χ0n) is 22.1. The molecule has 1 aliphatic heterocycles. The first-order valence-electron chi connectivity index (χ1n) is 12.4. The number of carbonyl (C=O) groups is 1. The Morgan fingerprint density at radius 3 is 2.30 bits per heavy atom. The van der Waals surface area contributed by atoms with E-state index in [1.165, 1.54) is 0 Å². The summed E-state index contributed by atoms with van der Waals surface area (Å²) in [4.78, 5) is 22.3. The molecule has 4 aromatic rings. The van der Waals surface area contributed by atoms with E-state index < -0.39 is 19.8 Å². The molecule has 0 fully saturated rings. The molecule has 1 atom stereocenters. The summed E-state index contributed by atoms with van der Waals surface area (Å²) in [7, 11) is -0.558. The second-order valence-corrected chi connectivity index (χ2v) is 15.6. The largest absolute Gasteiger partial charge is 0.543 e. The van der Waals surface area contributed by atoms with Crippen molar-refractivity contribution in [1.82, 2.24) is 4.98 Å². The van der Waals surface area contributed by atoms with Gasteiger partial charge in [-0.05, 0) is 60.1 Å². The number of nitrogens with one attached hydrogen (secondary N) is 1. The Kier molecular flexibility index (Phi) is 5.99. The molecule has 1 N–H and O–H groups in total. The molecule has 0 spiro atoms. The van der Waals surface area contributed by atoms with Gasteiger partial charge in [-0.1, -0.05) is 57.2 Å². The second-order valence-electron chi connectivity index (χ2n) is 10.9. The van der Waals surface area contributed by atoms with Crippen molar-refractivity contribution < 1.29 is 18.7 Å². The fraction of sp³-hybridized carbons (Fsp3) is 0.267. The van der Waals surface area contributed by atoms with Gasteiger partial charge in [-0.2, -0.15) is 0 Å². The van der Waals surface area contributed by atoms with E-state index in [1.54, 1.807) is 7.11 Å². The predicted octanol–water partition coefficient (Wildman–Crippen LogP) is 6.81. The number of fused-ring (bicyclic) bond motifs is 1. The van der Waals surface area contributed by atoms with Crippen LogP contribution in [0.25, 0.3) is 10.9 Å². The van der Waals surface area contributed by atoms with E-state index >= 15 is 0 Å². The highest BCUT2D eigenvalue weighted by Crippen LogP contribution is 2.47. The monoisotopic (exact) mass is 512 g/mol. The molecule has 2 heterocycles. The molecule has 7 heteroatoms. The maximum Gasteiger partial charge on any atom is 0.350 e. The number of benzene rings is 3. The minimum Gasteiger partial charge on any atom is -0.543 e. The minimum absolute atomic E-state index is 0.00866. The maximum absolute atomic E-state index is 13.9. The van der Waals surface area contributed by atoms with Crippen LogP contribution in [0.4, 0.5) is 0 Å². The number of cyclic esters (lactones) is 1. The van der Waals surface area contributed by atoms with Crippen LogP contribution in [-0.2, 0) is 15.1 Å². The SMILES string of the molecule is COc1ccc(C2=NC(c3ccccc3)(c3c[nH]c4cccc(O[Si](C)(C)C(C)(C)C)c34)C(=O)O2)cc1. The molecule has 5 rings (SSSR count). The van der Waals surface area contributed by atoms with E-state index in [4.69, 9.17) is 18.9 Å². The zero-order valence-corrected chi connectivity index (χ0v) is 23.1. The molecule has 0 amide bonds. The van der Waals surface area contributed by atoms with Crippen LogP contribution in [0, 0.1) is 0 Å². The summed E-state index contributed by atoms with van der Waals surface area (Å²) in [6.07, 6.45) is 1.86. The van der Waals surface area contributed by atoms with Gasteiger partial charge in [0.05, 0.1) is 7.11 Å². The molecular formula is C30H32N2O4Si. The molecule has 1 aliphatic rings. The van der Waals surface area contributed by atoms with E-state index in [-0.39, 0.29) is 10.9 Å². The lowest BCUT2D eigenvalue weighted by Crippen LogP contribution is -2.44. The number of aliphatic imine (C=N–C) groups is 1. The van der Waals surface area contributed by atoms with Gasteiger partial charge in [0.1, 0.15) is 11.5 Å². The normalized spacial score (nSPS) is 18.0. The first-order valence-corrected chi connectivity index (χ1v) is 15.3. The number of esters is 1. The van der Waals surface area contributed by atoms with Crippen molar-refractivity contribution in [2.45, 2.75) is 44.4 Å². The van der Waals surface area contributed by atoms with Crippen molar-refractivity contribution in [2.24, 2.45) is 4.99 Å². The van der Waals surface area contributed by atoms with Crippen LogP contribution < -0.4 is 9.16 Å². The summed E-state index contributed by atoms with van der Waals surface area (Å²) in [5.74, 6) is 1.28. The predicted molar refractivity (Wildman–Crippen MR) is 149 cm³/mol. The summed E-state index contributed by atoms with van der Waals surface area (Å²) < 4.78 is 18.0. The number of ether oxygens (including phenoxy) is 2. The summed E-state index contributed by atoms with van der Waals surface area (Å²) in [6.45, 7) is 11.1. The Hall–Kier alpha value is -3.84. The van der Waals surface area contributed by atoms with Crippen LogP contribution in [-0.4, -0.2) is 32.3 Å². The van der Waals surface area contributed by atoms with Crippen LogP contribution in [0.1, 0.15) is 37.5 Å². The third kappa shape index (κ3) is 4.13. The third-order valence-electron chi connectivity index (χ3n) is 7.51. The second kappa shape index (κ2) is 8.92. The average Bonchev–Trinajstić information content (AvgIpc) is 3.46. The lowest BCUT2D eigenvalue weighted by Gasteiger charge is -2.37. The molecule has 0 saturated carbocycles. The maximum atomic E-state index is 13.9. The van der Waals surface area contributed by atoms with Crippen molar-refractivity contribution in [2.75, 3.05) is 7.11 Å². The molecule has 0 bridgehead atoms. The summed E-state index contributed by atoms with van der Waals surface area (Å²) in [5, 5.41) is 0.849. The Balaban J connectivity index is 1.74. The fourth-order valence-electron chi connectivity index (χ4n) is 4.38. The van der Waals surface area contributed by atoms with Gasteiger partial charge >= 0.3 is 5.97 Å². The Morgan fingerprint density at radius 2 is 1.65 bits per heavy atom. The number of H-pyrrole nitrogens is 1. The number of aromatic nitrogens is 1. The van der Waals surface area contributed by atoms with Gasteiger partial charge < -0.3 is 18.9 Å². The zero-order chi connectivity index (χ0) is 26.4. The molecule has 0 radical (unpaired) electrons. The molecule has 37 heavy (non-hydrogen) atoms. The van der Waals surface area contributed by atoms with Gasteiger partial charge in [0.15, 0.2) is 0 Å². The number of hydrogen-bond donors (Lipinski definition) is 1. The first-order chi connectivity index (χ1) is 17.6. The lowest BCUT2D eigenvalue weighted by molar-refractivity contribution is -0.137. The molecule has 0 saturated heterocycles. The van der Waals surface area contributed by atoms with Crippen LogP contribution >= 0.6 is 0 Å². The number of nitrogens with zero attached hydrogens (tertiary/aromatic N) is 1. The molecule has 190 valence electrons. The van der Waals surface area contributed by atoms with E-state index in [0.29, 0.717) is 16.9 Å². The first kappa shape index (κ1) is 24.8. The van der Waals surface area contributed by atoms with E-state index in [0.717, 1.165) is 22.2 Å². The average molecular weight is 513 g/mol. The summed E-state index contributed by atoms with van der Waals surface area (Å²) in [6, 6.07) is 22.8. The van der Waals surface area contributed by atoms with Gasteiger partial charge in [0, 0.05) is 28.2 Å². The molecule has 3 aromatic carbocycles.